The number of hydrogen-bond acceptors (Lipinski definition) is 4. The molecule has 0 aromatic carbocycles. The molecule has 0 fully saturated rings. The number of H-pyrrole nitrogens is 1. The van der Waals surface area contributed by atoms with Crippen LogP contribution < -0.4 is 0 Å². The lowest BCUT2D eigenvalue weighted by Gasteiger charge is -2.30. The third-order valence-corrected chi connectivity index (χ3v) is 3.02. The lowest BCUT2D eigenvalue weighted by Crippen LogP contribution is -2.47. The average molecular weight is 283 g/mol. The lowest BCUT2D eigenvalue weighted by molar-refractivity contribution is -0.138. The number of rotatable bonds is 6. The van der Waals surface area contributed by atoms with Gasteiger partial charge in [0.25, 0.3) is 0 Å². The summed E-state index contributed by atoms with van der Waals surface area (Å²) in [7, 11) is 1.60. The Balaban J connectivity index is 2.74. The number of aryl methyl sites for hydroxylation is 1. The van der Waals surface area contributed by atoms with Crippen LogP contribution in [0, 0.1) is 6.92 Å². The van der Waals surface area contributed by atoms with E-state index in [1.807, 2.05) is 13.8 Å². The molecule has 0 aliphatic heterocycles. The van der Waals surface area contributed by atoms with Gasteiger partial charge in [0.1, 0.15) is 12.4 Å². The molecule has 1 atom stereocenters. The summed E-state index contributed by atoms with van der Waals surface area (Å²) in [6.07, 6.45) is 0.687. The van der Waals surface area contributed by atoms with Crippen LogP contribution in [0.1, 0.15) is 31.9 Å². The van der Waals surface area contributed by atoms with Crippen LogP contribution in [0.3, 0.4) is 0 Å². The number of urea groups is 1. The quantitative estimate of drug-likeness (QED) is 0.805. The molecule has 8 heteroatoms. The molecule has 0 spiro atoms. The second kappa shape index (κ2) is 6.88. The number of nitrogens with zero attached hydrogens (tertiary/aromatic N) is 4. The number of nitrogens with one attached hydrogen (secondary N) is 1. The molecule has 1 aromatic rings. The van der Waals surface area contributed by atoms with Crippen LogP contribution in [0.15, 0.2) is 0 Å². The van der Waals surface area contributed by atoms with Crippen molar-refractivity contribution >= 4 is 12.0 Å². The maximum Gasteiger partial charge on any atom is 0.323 e. The zero-order valence-electron chi connectivity index (χ0n) is 12.3. The van der Waals surface area contributed by atoms with Crippen molar-refractivity contribution in [2.24, 2.45) is 0 Å². The van der Waals surface area contributed by atoms with E-state index in [0.717, 1.165) is 0 Å². The molecule has 1 rings (SSSR count). The summed E-state index contributed by atoms with van der Waals surface area (Å²) in [4.78, 5) is 30.1. The van der Waals surface area contributed by atoms with E-state index in [-0.39, 0.29) is 25.2 Å². The molecule has 112 valence electrons. The van der Waals surface area contributed by atoms with E-state index < -0.39 is 5.97 Å². The number of carbonyl (C=O) groups is 2. The number of carbonyl (C=O) groups excluding carboxylic acids is 1. The van der Waals surface area contributed by atoms with E-state index in [9.17, 15) is 9.59 Å². The van der Waals surface area contributed by atoms with Gasteiger partial charge in [-0.15, -0.1) is 0 Å². The first-order valence-electron chi connectivity index (χ1n) is 6.46. The highest BCUT2D eigenvalue weighted by Gasteiger charge is 2.25. The van der Waals surface area contributed by atoms with Gasteiger partial charge in [0, 0.05) is 13.1 Å². The highest BCUT2D eigenvalue weighted by Crippen LogP contribution is 2.08. The SMILES string of the molecule is CCC(C)N(CC(=O)O)C(=O)N(C)Cc1n[nH]c(C)n1. The van der Waals surface area contributed by atoms with Crippen molar-refractivity contribution in [3.63, 3.8) is 0 Å². The second-order valence-corrected chi connectivity index (χ2v) is 4.75. The van der Waals surface area contributed by atoms with Crippen molar-refractivity contribution < 1.29 is 14.7 Å². The molecule has 1 aromatic heterocycles. The van der Waals surface area contributed by atoms with Crippen molar-refractivity contribution in [1.29, 1.82) is 0 Å². The number of aromatic nitrogens is 3. The van der Waals surface area contributed by atoms with Gasteiger partial charge in [-0.25, -0.2) is 9.78 Å². The van der Waals surface area contributed by atoms with E-state index in [0.29, 0.717) is 18.1 Å². The molecular weight excluding hydrogens is 262 g/mol. The van der Waals surface area contributed by atoms with Gasteiger partial charge >= 0.3 is 12.0 Å². The average Bonchev–Trinajstić information content (AvgIpc) is 2.79. The van der Waals surface area contributed by atoms with Crippen LogP contribution in [0.2, 0.25) is 0 Å². The van der Waals surface area contributed by atoms with Gasteiger partial charge in [0.05, 0.1) is 6.54 Å². The fraction of sp³-hybridized carbons (Fsp3) is 0.667. The molecule has 0 bridgehead atoms. The Morgan fingerprint density at radius 2 is 2.10 bits per heavy atom. The van der Waals surface area contributed by atoms with Crippen LogP contribution in [-0.4, -0.2) is 61.7 Å². The largest absolute Gasteiger partial charge is 0.480 e. The smallest absolute Gasteiger partial charge is 0.323 e. The molecular formula is C12H21N5O3. The van der Waals surface area contributed by atoms with Crippen LogP contribution in [0.25, 0.3) is 0 Å². The van der Waals surface area contributed by atoms with E-state index >= 15 is 0 Å². The number of carboxylic acids is 1. The lowest BCUT2D eigenvalue weighted by atomic mass is 10.2. The van der Waals surface area contributed by atoms with Crippen molar-refractivity contribution in [3.8, 4) is 0 Å². The molecule has 8 nitrogen and oxygen atoms in total. The zero-order chi connectivity index (χ0) is 15.3. The van der Waals surface area contributed by atoms with E-state index in [4.69, 9.17) is 5.11 Å². The molecule has 20 heavy (non-hydrogen) atoms. The molecule has 1 heterocycles. The Kier molecular flexibility index (Phi) is 5.48. The first kappa shape index (κ1) is 15.9. The summed E-state index contributed by atoms with van der Waals surface area (Å²) in [5, 5.41) is 15.6. The van der Waals surface area contributed by atoms with Gasteiger partial charge in [0.15, 0.2) is 5.82 Å². The van der Waals surface area contributed by atoms with E-state index in [2.05, 4.69) is 15.2 Å². The number of aromatic amines is 1. The maximum atomic E-state index is 12.3. The molecule has 2 N–H and O–H groups in total. The van der Waals surface area contributed by atoms with Gasteiger partial charge in [-0.1, -0.05) is 6.92 Å². The van der Waals surface area contributed by atoms with Crippen molar-refractivity contribution in [3.05, 3.63) is 11.6 Å². The molecule has 0 aliphatic rings. The van der Waals surface area contributed by atoms with Crippen molar-refractivity contribution in [1.82, 2.24) is 25.0 Å². The van der Waals surface area contributed by atoms with E-state index in [1.54, 1.807) is 14.0 Å². The Morgan fingerprint density at radius 3 is 2.55 bits per heavy atom. The predicted octanol–water partition coefficient (Wildman–Crippen LogP) is 0.850. The minimum atomic E-state index is -1.03. The monoisotopic (exact) mass is 283 g/mol. The first-order valence-corrected chi connectivity index (χ1v) is 6.46. The van der Waals surface area contributed by atoms with Gasteiger partial charge in [-0.3, -0.25) is 9.89 Å². The topological polar surface area (TPSA) is 102 Å². The Labute approximate surface area is 117 Å². The Hall–Kier alpha value is -2.12. The molecule has 0 saturated heterocycles. The van der Waals surface area contributed by atoms with Crippen LogP contribution in [-0.2, 0) is 11.3 Å². The number of amides is 2. The van der Waals surface area contributed by atoms with Gasteiger partial charge in [-0.2, -0.15) is 5.10 Å². The van der Waals surface area contributed by atoms with Crippen LogP contribution >= 0.6 is 0 Å². The minimum absolute atomic E-state index is 0.144. The highest BCUT2D eigenvalue weighted by molar-refractivity contribution is 5.80. The second-order valence-electron chi connectivity index (χ2n) is 4.75. The third-order valence-electron chi connectivity index (χ3n) is 3.02. The van der Waals surface area contributed by atoms with Crippen LogP contribution in [0.4, 0.5) is 4.79 Å². The standard InChI is InChI=1S/C12H21N5O3/c1-5-8(2)17(7-11(18)19)12(20)16(4)6-10-13-9(3)14-15-10/h8H,5-7H2,1-4H3,(H,18,19)(H,13,14,15). The summed E-state index contributed by atoms with van der Waals surface area (Å²) in [6.45, 7) is 5.42. The molecule has 0 saturated carbocycles. The van der Waals surface area contributed by atoms with E-state index in [1.165, 1.54) is 9.80 Å². The minimum Gasteiger partial charge on any atom is -0.480 e. The molecule has 0 radical (unpaired) electrons. The fourth-order valence-corrected chi connectivity index (χ4v) is 1.74. The summed E-state index contributed by atoms with van der Waals surface area (Å²) in [5.74, 6) is 0.142. The highest BCUT2D eigenvalue weighted by atomic mass is 16.4. The summed E-state index contributed by atoms with van der Waals surface area (Å²) in [6, 6.07) is -0.487. The van der Waals surface area contributed by atoms with Gasteiger partial charge < -0.3 is 14.9 Å². The predicted molar refractivity (Wildman–Crippen MR) is 72.1 cm³/mol. The number of hydrogen-bond donors (Lipinski definition) is 2. The summed E-state index contributed by atoms with van der Waals surface area (Å²) < 4.78 is 0. The fourth-order valence-electron chi connectivity index (χ4n) is 1.74. The Bertz CT molecular complexity index is 473. The third kappa shape index (κ3) is 4.22. The van der Waals surface area contributed by atoms with Gasteiger partial charge in [0.2, 0.25) is 0 Å². The first-order chi connectivity index (χ1) is 9.35. The normalized spacial score (nSPS) is 12.0. The number of carboxylic acid groups (broad SMARTS) is 1. The summed E-state index contributed by atoms with van der Waals surface area (Å²) in [5.41, 5.74) is 0. The molecule has 2 amide bonds. The van der Waals surface area contributed by atoms with Crippen molar-refractivity contribution in [2.45, 2.75) is 39.8 Å². The van der Waals surface area contributed by atoms with Crippen LogP contribution in [0.5, 0.6) is 0 Å². The summed E-state index contributed by atoms with van der Waals surface area (Å²) >= 11 is 0. The van der Waals surface area contributed by atoms with Gasteiger partial charge in [-0.05, 0) is 20.3 Å². The maximum absolute atomic E-state index is 12.3. The number of aliphatic carboxylic acids is 1. The molecule has 0 aliphatic carbocycles. The Morgan fingerprint density at radius 1 is 1.45 bits per heavy atom. The van der Waals surface area contributed by atoms with Crippen molar-refractivity contribution in [2.75, 3.05) is 13.6 Å². The molecule has 1 unspecified atom stereocenters. The zero-order valence-corrected chi connectivity index (χ0v) is 12.3.